The number of aromatic nitrogens is 4. The van der Waals surface area contributed by atoms with Gasteiger partial charge in [0.1, 0.15) is 6.04 Å². The van der Waals surface area contributed by atoms with Gasteiger partial charge in [-0.15, -0.1) is 22.6 Å². The monoisotopic (exact) mass is 617 g/mol. The molecular formula is C32H36ClN7O4. The van der Waals surface area contributed by atoms with Crippen molar-refractivity contribution in [3.05, 3.63) is 83.4 Å². The number of aromatic amines is 1. The number of aromatic carboxylic acids is 1. The minimum atomic E-state index is -0.972. The van der Waals surface area contributed by atoms with E-state index in [1.165, 1.54) is 0 Å². The Bertz CT molecular complexity index is 1570. The molecule has 6 N–H and O–H groups in total. The molecule has 0 radical (unpaired) electrons. The number of amides is 2. The molecule has 44 heavy (non-hydrogen) atoms. The molecule has 0 aliphatic heterocycles. The van der Waals surface area contributed by atoms with E-state index in [0.717, 1.165) is 53.5 Å². The first-order valence-electron chi connectivity index (χ1n) is 14.4. The molecule has 2 amide bonds. The lowest BCUT2D eigenvalue weighted by Gasteiger charge is -2.28. The van der Waals surface area contributed by atoms with Crippen molar-refractivity contribution in [3.63, 3.8) is 0 Å². The van der Waals surface area contributed by atoms with E-state index in [4.69, 9.17) is 5.73 Å². The van der Waals surface area contributed by atoms with Crippen LogP contribution in [0.3, 0.4) is 0 Å². The molecule has 1 atom stereocenters. The SMILES string of the molecule is Cc1cc(C[C@H](NC(=O)[C@H]2CC[C@H](CN)CC2)C(=O)Nc2ccc(-c3nn[nH]n3)cc2)ccc1-c1ccc(C(=O)O)cc1.Cl. The summed E-state index contributed by atoms with van der Waals surface area (Å²) in [6.07, 6.45) is 3.64. The number of hydrogen-bond acceptors (Lipinski definition) is 7. The molecule has 1 aromatic heterocycles. The van der Waals surface area contributed by atoms with Crippen LogP contribution in [0.1, 0.15) is 47.2 Å². The van der Waals surface area contributed by atoms with Crippen molar-refractivity contribution < 1.29 is 19.5 Å². The zero-order chi connectivity index (χ0) is 30.3. The van der Waals surface area contributed by atoms with Crippen molar-refractivity contribution in [2.24, 2.45) is 17.6 Å². The van der Waals surface area contributed by atoms with E-state index in [1.807, 2.05) is 25.1 Å². The Morgan fingerprint density at radius 1 is 0.977 bits per heavy atom. The second-order valence-electron chi connectivity index (χ2n) is 11.1. The topological polar surface area (TPSA) is 176 Å². The van der Waals surface area contributed by atoms with Crippen LogP contribution < -0.4 is 16.4 Å². The Hall–Kier alpha value is -4.61. The lowest BCUT2D eigenvalue weighted by molar-refractivity contribution is -0.130. The fraction of sp³-hybridized carbons (Fsp3) is 0.312. The molecule has 1 fully saturated rings. The van der Waals surface area contributed by atoms with Crippen molar-refractivity contribution in [2.45, 2.75) is 45.1 Å². The second kappa shape index (κ2) is 14.7. The number of tetrazole rings is 1. The van der Waals surface area contributed by atoms with Crippen molar-refractivity contribution in [1.82, 2.24) is 25.9 Å². The van der Waals surface area contributed by atoms with Crippen LogP contribution in [0.15, 0.2) is 66.7 Å². The number of nitrogens with zero attached hydrogens (tertiary/aromatic N) is 3. The number of benzene rings is 3. The summed E-state index contributed by atoms with van der Waals surface area (Å²) in [5.41, 5.74) is 11.1. The number of H-pyrrole nitrogens is 1. The molecule has 230 valence electrons. The molecule has 0 bridgehead atoms. The third-order valence-corrected chi connectivity index (χ3v) is 8.11. The highest BCUT2D eigenvalue weighted by molar-refractivity contribution is 5.98. The van der Waals surface area contributed by atoms with Gasteiger partial charge in [-0.3, -0.25) is 9.59 Å². The molecule has 3 aromatic carbocycles. The molecule has 0 spiro atoms. The summed E-state index contributed by atoms with van der Waals surface area (Å²) in [4.78, 5) is 38.1. The van der Waals surface area contributed by atoms with Gasteiger partial charge in [0.2, 0.25) is 17.6 Å². The van der Waals surface area contributed by atoms with Gasteiger partial charge in [-0.05, 0) is 109 Å². The lowest BCUT2D eigenvalue weighted by Crippen LogP contribution is -2.48. The third kappa shape index (κ3) is 7.86. The van der Waals surface area contributed by atoms with Gasteiger partial charge in [-0.2, -0.15) is 5.21 Å². The Labute approximate surface area is 261 Å². The average Bonchev–Trinajstić information content (AvgIpc) is 3.56. The molecule has 5 rings (SSSR count). The first-order valence-corrected chi connectivity index (χ1v) is 14.4. The number of nitrogens with two attached hydrogens (primary N) is 1. The van der Waals surface area contributed by atoms with Gasteiger partial charge in [0.05, 0.1) is 5.56 Å². The molecular weight excluding hydrogens is 582 g/mol. The largest absolute Gasteiger partial charge is 0.478 e. The van der Waals surface area contributed by atoms with Crippen molar-refractivity contribution in [1.29, 1.82) is 0 Å². The summed E-state index contributed by atoms with van der Waals surface area (Å²) in [5.74, 6) is -0.660. The number of anilines is 1. The van der Waals surface area contributed by atoms with Crippen molar-refractivity contribution >= 4 is 35.9 Å². The van der Waals surface area contributed by atoms with E-state index in [-0.39, 0.29) is 35.7 Å². The highest BCUT2D eigenvalue weighted by atomic mass is 35.5. The molecule has 1 aliphatic carbocycles. The Kier molecular flexibility index (Phi) is 10.8. The Morgan fingerprint density at radius 2 is 1.66 bits per heavy atom. The molecule has 0 saturated heterocycles. The van der Waals surface area contributed by atoms with Crippen molar-refractivity contribution in [3.8, 4) is 22.5 Å². The fourth-order valence-electron chi connectivity index (χ4n) is 5.58. The summed E-state index contributed by atoms with van der Waals surface area (Å²) < 4.78 is 0. The second-order valence-corrected chi connectivity index (χ2v) is 11.1. The quantitative estimate of drug-likeness (QED) is 0.174. The van der Waals surface area contributed by atoms with E-state index >= 15 is 0 Å². The standard InChI is InChI=1S/C32H35N7O4.ClH/c1-19-16-21(4-15-27(19)22-7-9-25(10-8-22)32(42)43)17-28(35-30(40)24-5-2-20(18-33)3-6-24)31(41)34-26-13-11-23(12-14-26)29-36-38-39-37-29;/h4,7-16,20,24,28H,2-3,5-6,17-18,33H2,1H3,(H,34,41)(H,35,40)(H,42,43)(H,36,37,38,39);1H/t20-,24-,28-;/m0./s1. The van der Waals surface area contributed by atoms with Crippen LogP contribution in [0.2, 0.25) is 0 Å². The van der Waals surface area contributed by atoms with Crippen LogP contribution in [0.5, 0.6) is 0 Å². The van der Waals surface area contributed by atoms with Gasteiger partial charge >= 0.3 is 5.97 Å². The molecule has 1 saturated carbocycles. The normalized spacial score (nSPS) is 16.8. The summed E-state index contributed by atoms with van der Waals surface area (Å²) >= 11 is 0. The summed E-state index contributed by atoms with van der Waals surface area (Å²) in [6.45, 7) is 2.60. The van der Waals surface area contributed by atoms with E-state index in [1.54, 1.807) is 48.5 Å². The Morgan fingerprint density at radius 3 is 2.25 bits per heavy atom. The highest BCUT2D eigenvalue weighted by Gasteiger charge is 2.29. The van der Waals surface area contributed by atoms with Crippen LogP contribution >= 0.6 is 12.4 Å². The minimum absolute atomic E-state index is 0. The number of aryl methyl sites for hydroxylation is 1. The van der Waals surface area contributed by atoms with E-state index in [2.05, 4.69) is 31.3 Å². The Balaban J connectivity index is 0.00000442. The first kappa shape index (κ1) is 32.3. The average molecular weight is 618 g/mol. The smallest absolute Gasteiger partial charge is 0.335 e. The first-order chi connectivity index (χ1) is 20.8. The minimum Gasteiger partial charge on any atom is -0.478 e. The molecule has 11 nitrogen and oxygen atoms in total. The van der Waals surface area contributed by atoms with Crippen LogP contribution in [0.25, 0.3) is 22.5 Å². The van der Waals surface area contributed by atoms with Gasteiger partial charge < -0.3 is 21.5 Å². The van der Waals surface area contributed by atoms with Crippen LogP contribution in [0, 0.1) is 18.8 Å². The predicted octanol–water partition coefficient (Wildman–Crippen LogP) is 4.39. The molecule has 1 heterocycles. The zero-order valence-electron chi connectivity index (χ0n) is 24.3. The molecule has 12 heteroatoms. The van der Waals surface area contributed by atoms with Crippen molar-refractivity contribution in [2.75, 3.05) is 11.9 Å². The maximum absolute atomic E-state index is 13.6. The fourth-order valence-corrected chi connectivity index (χ4v) is 5.58. The van der Waals surface area contributed by atoms with E-state index in [0.29, 0.717) is 30.4 Å². The van der Waals surface area contributed by atoms with Crippen LogP contribution in [-0.2, 0) is 16.0 Å². The van der Waals surface area contributed by atoms with E-state index in [9.17, 15) is 19.5 Å². The predicted molar refractivity (Wildman–Crippen MR) is 169 cm³/mol. The van der Waals surface area contributed by atoms with Gasteiger partial charge in [0.25, 0.3) is 0 Å². The van der Waals surface area contributed by atoms with Gasteiger partial charge in [-0.25, -0.2) is 4.79 Å². The molecule has 4 aromatic rings. The summed E-state index contributed by atoms with van der Waals surface area (Å²) in [7, 11) is 0. The summed E-state index contributed by atoms with van der Waals surface area (Å²) in [5, 5.41) is 29.1. The number of rotatable bonds is 10. The number of carbonyl (C=O) groups is 3. The molecule has 1 aliphatic rings. The third-order valence-electron chi connectivity index (χ3n) is 8.11. The maximum Gasteiger partial charge on any atom is 0.335 e. The van der Waals surface area contributed by atoms with Gasteiger partial charge in [0, 0.05) is 23.6 Å². The van der Waals surface area contributed by atoms with Gasteiger partial charge in [0.15, 0.2) is 0 Å². The number of carboxylic acid groups (broad SMARTS) is 1. The zero-order valence-corrected chi connectivity index (χ0v) is 25.1. The molecule has 0 unspecified atom stereocenters. The number of halogens is 1. The number of carboxylic acids is 1. The number of nitrogens with one attached hydrogen (secondary N) is 3. The number of carbonyl (C=O) groups excluding carboxylic acids is 2. The number of hydrogen-bond donors (Lipinski definition) is 5. The van der Waals surface area contributed by atoms with E-state index < -0.39 is 12.0 Å². The highest BCUT2D eigenvalue weighted by Crippen LogP contribution is 2.29. The van der Waals surface area contributed by atoms with Gasteiger partial charge in [-0.1, -0.05) is 30.3 Å². The van der Waals surface area contributed by atoms with Crippen LogP contribution in [-0.4, -0.2) is 56.1 Å². The lowest BCUT2D eigenvalue weighted by atomic mass is 9.81. The summed E-state index contributed by atoms with van der Waals surface area (Å²) in [6, 6.07) is 18.9. The maximum atomic E-state index is 13.6. The van der Waals surface area contributed by atoms with Crippen LogP contribution in [0.4, 0.5) is 5.69 Å².